The lowest BCUT2D eigenvalue weighted by Gasteiger charge is -2.16. The maximum Gasteiger partial charge on any atom is 0.357 e. The van der Waals surface area contributed by atoms with Gasteiger partial charge >= 0.3 is 5.97 Å². The molecule has 11 nitrogen and oxygen atoms in total. The van der Waals surface area contributed by atoms with Crippen LogP contribution in [0.3, 0.4) is 0 Å². The van der Waals surface area contributed by atoms with Crippen molar-refractivity contribution in [3.8, 4) is 17.2 Å². The Hall–Kier alpha value is -4.58. The topological polar surface area (TPSA) is 151 Å². The minimum atomic E-state index is -1.02. The molecule has 39 heavy (non-hydrogen) atoms. The zero-order valence-electron chi connectivity index (χ0n) is 21.8. The summed E-state index contributed by atoms with van der Waals surface area (Å²) in [4.78, 5) is 43.9. The average Bonchev–Trinajstić information content (AvgIpc) is 3.50. The number of nitrogens with zero attached hydrogens (tertiary/aromatic N) is 1. The fraction of sp³-hybridized carbons (Fsp3) is 0.259. The molecule has 0 aliphatic rings. The van der Waals surface area contributed by atoms with Crippen LogP contribution in [0.25, 0.3) is 0 Å². The summed E-state index contributed by atoms with van der Waals surface area (Å²) in [6.07, 6.45) is 0.0903. The van der Waals surface area contributed by atoms with Crippen molar-refractivity contribution in [1.29, 1.82) is 0 Å². The van der Waals surface area contributed by atoms with Gasteiger partial charge in [-0.2, -0.15) is 0 Å². The van der Waals surface area contributed by atoms with Gasteiger partial charge in [0.05, 0.1) is 26.2 Å². The molecule has 0 aliphatic heterocycles. The van der Waals surface area contributed by atoms with Crippen LogP contribution in [-0.2, 0) is 20.8 Å². The Kier molecular flexibility index (Phi) is 10.7. The summed E-state index contributed by atoms with van der Waals surface area (Å²) < 4.78 is 15.8. The number of benzene rings is 2. The smallest absolute Gasteiger partial charge is 0.357 e. The third kappa shape index (κ3) is 8.20. The number of ether oxygens (including phenoxy) is 3. The van der Waals surface area contributed by atoms with Crippen LogP contribution in [0.5, 0.6) is 17.2 Å². The van der Waals surface area contributed by atoms with E-state index in [0.717, 1.165) is 5.56 Å². The summed E-state index contributed by atoms with van der Waals surface area (Å²) in [5, 5.41) is 10.9. The number of amidine groups is 1. The predicted molar refractivity (Wildman–Crippen MR) is 146 cm³/mol. The molecule has 0 radical (unpaired) electrons. The average molecular weight is 555 g/mol. The minimum absolute atomic E-state index is 0.0118. The molecule has 3 rings (SSSR count). The van der Waals surface area contributed by atoms with Crippen molar-refractivity contribution in [3.63, 3.8) is 0 Å². The lowest BCUT2D eigenvalue weighted by Crippen LogP contribution is -2.44. The number of oxime groups is 1. The van der Waals surface area contributed by atoms with E-state index in [4.69, 9.17) is 24.8 Å². The molecule has 206 valence electrons. The number of rotatable bonds is 13. The summed E-state index contributed by atoms with van der Waals surface area (Å²) in [5.41, 5.74) is 6.94. The van der Waals surface area contributed by atoms with E-state index in [2.05, 4.69) is 15.8 Å². The largest absolute Gasteiger partial charge is 0.493 e. The second-order valence-corrected chi connectivity index (χ2v) is 9.04. The van der Waals surface area contributed by atoms with Crippen LogP contribution in [0.2, 0.25) is 0 Å². The summed E-state index contributed by atoms with van der Waals surface area (Å²) >= 11 is 1.35. The second-order valence-electron chi connectivity index (χ2n) is 8.09. The van der Waals surface area contributed by atoms with Crippen molar-refractivity contribution in [1.82, 2.24) is 10.6 Å². The van der Waals surface area contributed by atoms with Gasteiger partial charge in [0.15, 0.2) is 17.3 Å². The Morgan fingerprint density at radius 3 is 2.26 bits per heavy atom. The second kappa shape index (κ2) is 14.4. The van der Waals surface area contributed by atoms with Gasteiger partial charge in [-0.05, 0) is 29.1 Å². The number of thiophene rings is 1. The highest BCUT2D eigenvalue weighted by molar-refractivity contribution is 7.12. The van der Waals surface area contributed by atoms with Gasteiger partial charge in [-0.1, -0.05) is 41.6 Å². The standard InChI is InChI=1S/C27H30N4O7S/c1-35-20-15-18(16-21(36-2)24(20)37-3)26(33)29-12-11-23(32)30-19(14-17-8-5-4-6-9-17)27(34)38-31-25(28)22-10-7-13-39-22/h4-10,13,15-16,19H,11-12,14H2,1-3H3,(H2,28,31)(H,29,33)(H,30,32)/t19-/m0/s1. The quantitative estimate of drug-likeness (QED) is 0.126. The van der Waals surface area contributed by atoms with E-state index < -0.39 is 23.8 Å². The molecule has 0 saturated carbocycles. The Labute approximate surface area is 229 Å². The Bertz CT molecular complexity index is 1270. The molecule has 1 heterocycles. The van der Waals surface area contributed by atoms with Crippen LogP contribution in [-0.4, -0.2) is 57.5 Å². The first-order chi connectivity index (χ1) is 18.9. The van der Waals surface area contributed by atoms with Gasteiger partial charge in [0.2, 0.25) is 11.7 Å². The zero-order valence-corrected chi connectivity index (χ0v) is 22.6. The van der Waals surface area contributed by atoms with Gasteiger partial charge in [0, 0.05) is 24.9 Å². The fourth-order valence-corrected chi connectivity index (χ4v) is 4.16. The minimum Gasteiger partial charge on any atom is -0.493 e. The molecular formula is C27H30N4O7S. The Morgan fingerprint density at radius 1 is 0.974 bits per heavy atom. The summed E-state index contributed by atoms with van der Waals surface area (Å²) in [6, 6.07) is 14.7. The fourth-order valence-electron chi connectivity index (χ4n) is 3.54. The van der Waals surface area contributed by atoms with Crippen LogP contribution in [0.1, 0.15) is 27.2 Å². The van der Waals surface area contributed by atoms with Gasteiger partial charge in [-0.25, -0.2) is 4.79 Å². The van der Waals surface area contributed by atoms with E-state index >= 15 is 0 Å². The summed E-state index contributed by atoms with van der Waals surface area (Å²) in [6.45, 7) is 0.0118. The Balaban J connectivity index is 1.61. The molecule has 0 unspecified atom stereocenters. The van der Waals surface area contributed by atoms with Crippen LogP contribution < -0.4 is 30.6 Å². The van der Waals surface area contributed by atoms with Crippen molar-refractivity contribution in [2.75, 3.05) is 27.9 Å². The lowest BCUT2D eigenvalue weighted by atomic mass is 10.1. The molecule has 4 N–H and O–H groups in total. The molecule has 1 aromatic heterocycles. The molecule has 0 aliphatic carbocycles. The van der Waals surface area contributed by atoms with Gasteiger partial charge in [0.1, 0.15) is 6.04 Å². The Morgan fingerprint density at radius 2 is 1.67 bits per heavy atom. The number of hydrogen-bond donors (Lipinski definition) is 3. The SMILES string of the molecule is COc1cc(C(=O)NCCC(=O)N[C@@H](Cc2ccccc2)C(=O)O/N=C(/N)c2cccs2)cc(OC)c1OC. The third-order valence-corrected chi connectivity index (χ3v) is 6.37. The van der Waals surface area contributed by atoms with Crippen LogP contribution in [0, 0.1) is 0 Å². The van der Waals surface area contributed by atoms with Gasteiger partial charge in [0.25, 0.3) is 5.91 Å². The maximum atomic E-state index is 12.8. The van der Waals surface area contributed by atoms with Crippen molar-refractivity contribution in [2.45, 2.75) is 18.9 Å². The first-order valence-electron chi connectivity index (χ1n) is 11.9. The van der Waals surface area contributed by atoms with Gasteiger partial charge in [-0.3, -0.25) is 9.59 Å². The molecular weight excluding hydrogens is 524 g/mol. The molecule has 12 heteroatoms. The number of amides is 2. The third-order valence-electron chi connectivity index (χ3n) is 5.47. The van der Waals surface area contributed by atoms with Crippen LogP contribution >= 0.6 is 11.3 Å². The highest BCUT2D eigenvalue weighted by Crippen LogP contribution is 2.38. The van der Waals surface area contributed by atoms with E-state index in [1.165, 1.54) is 44.8 Å². The molecule has 3 aromatic rings. The van der Waals surface area contributed by atoms with E-state index in [9.17, 15) is 14.4 Å². The van der Waals surface area contributed by atoms with E-state index in [0.29, 0.717) is 22.1 Å². The summed E-state index contributed by atoms with van der Waals surface area (Å²) in [7, 11) is 4.36. The molecule has 1 atom stereocenters. The number of nitrogens with one attached hydrogen (secondary N) is 2. The monoisotopic (exact) mass is 554 g/mol. The number of methoxy groups -OCH3 is 3. The molecule has 0 bridgehead atoms. The predicted octanol–water partition coefficient (Wildman–Crippen LogP) is 2.49. The molecule has 0 spiro atoms. The first kappa shape index (κ1) is 29.0. The number of carbonyl (C=O) groups is 3. The zero-order chi connectivity index (χ0) is 28.2. The van der Waals surface area contributed by atoms with E-state index in [1.807, 2.05) is 35.7 Å². The molecule has 2 aromatic carbocycles. The van der Waals surface area contributed by atoms with Crippen molar-refractivity contribution in [2.24, 2.45) is 10.9 Å². The lowest BCUT2D eigenvalue weighted by molar-refractivity contribution is -0.147. The molecule has 2 amide bonds. The first-order valence-corrected chi connectivity index (χ1v) is 12.7. The van der Waals surface area contributed by atoms with Crippen molar-refractivity contribution >= 4 is 35.0 Å². The molecule has 0 saturated heterocycles. The van der Waals surface area contributed by atoms with E-state index in [1.54, 1.807) is 12.1 Å². The van der Waals surface area contributed by atoms with Gasteiger partial charge in [-0.15, -0.1) is 11.3 Å². The number of carbonyl (C=O) groups excluding carboxylic acids is 3. The maximum absolute atomic E-state index is 12.8. The summed E-state index contributed by atoms with van der Waals surface area (Å²) in [5.74, 6) is -0.623. The number of hydrogen-bond acceptors (Lipinski definition) is 9. The molecule has 0 fully saturated rings. The van der Waals surface area contributed by atoms with E-state index in [-0.39, 0.29) is 30.8 Å². The highest BCUT2D eigenvalue weighted by Gasteiger charge is 2.24. The number of nitrogens with two attached hydrogens (primary N) is 1. The van der Waals surface area contributed by atoms with Gasteiger partial charge < -0.3 is 35.4 Å². The van der Waals surface area contributed by atoms with Crippen LogP contribution in [0.15, 0.2) is 65.1 Å². The van der Waals surface area contributed by atoms with Crippen molar-refractivity contribution < 1.29 is 33.4 Å². The normalized spacial score (nSPS) is 11.7. The highest BCUT2D eigenvalue weighted by atomic mass is 32.1. The van der Waals surface area contributed by atoms with Crippen molar-refractivity contribution in [3.05, 3.63) is 76.0 Å². The van der Waals surface area contributed by atoms with Crippen LogP contribution in [0.4, 0.5) is 0 Å².